The maximum Gasteiger partial charge on any atom is 0.210 e. The summed E-state index contributed by atoms with van der Waals surface area (Å²) in [4.78, 5) is 9.70. The monoisotopic (exact) mass is 147 g/mol. The summed E-state index contributed by atoms with van der Waals surface area (Å²) in [7, 11) is 0. The highest BCUT2D eigenvalue weighted by atomic mass is 16.6. The lowest BCUT2D eigenvalue weighted by Crippen LogP contribution is -2.16. The van der Waals surface area contributed by atoms with Crippen LogP contribution in [0, 0.1) is 10.1 Å². The number of hydrogen-bond donors (Lipinski definition) is 1. The summed E-state index contributed by atoms with van der Waals surface area (Å²) in [5.74, 6) is 0. The van der Waals surface area contributed by atoms with Crippen LogP contribution in [-0.4, -0.2) is 22.2 Å². The Kier molecular flexibility index (Phi) is 3.95. The molecule has 2 unspecified atom stereocenters. The van der Waals surface area contributed by atoms with E-state index in [9.17, 15) is 10.1 Å². The van der Waals surface area contributed by atoms with Crippen molar-refractivity contribution < 1.29 is 10.0 Å². The minimum absolute atomic E-state index is 0.331. The van der Waals surface area contributed by atoms with Gasteiger partial charge in [-0.2, -0.15) is 0 Å². The first-order valence-electron chi connectivity index (χ1n) is 3.35. The third kappa shape index (κ3) is 4.26. The molecule has 10 heavy (non-hydrogen) atoms. The van der Waals surface area contributed by atoms with Gasteiger partial charge < -0.3 is 5.11 Å². The van der Waals surface area contributed by atoms with Crippen LogP contribution in [0.3, 0.4) is 0 Å². The maximum absolute atomic E-state index is 10.0. The Morgan fingerprint density at radius 1 is 1.50 bits per heavy atom. The van der Waals surface area contributed by atoms with Crippen LogP contribution in [0.4, 0.5) is 0 Å². The average molecular weight is 147 g/mol. The molecular weight excluding hydrogens is 134 g/mol. The molecule has 0 aliphatic carbocycles. The standard InChI is InChI=1S/C6H13NO3/c1-5(7(9)10)3-4-6(2)8/h5-6,8H,3-4H2,1-2H3. The first kappa shape index (κ1) is 9.36. The quantitative estimate of drug-likeness (QED) is 0.472. The Morgan fingerprint density at radius 2 is 2.00 bits per heavy atom. The Balaban J connectivity index is 3.40. The van der Waals surface area contributed by atoms with Gasteiger partial charge in [-0.15, -0.1) is 0 Å². The number of nitrogens with zero attached hydrogens (tertiary/aromatic N) is 1. The summed E-state index contributed by atoms with van der Waals surface area (Å²) in [5, 5.41) is 18.8. The molecule has 0 aromatic heterocycles. The van der Waals surface area contributed by atoms with Crippen molar-refractivity contribution in [3.8, 4) is 0 Å². The van der Waals surface area contributed by atoms with Gasteiger partial charge in [0.1, 0.15) is 0 Å². The smallest absolute Gasteiger partial charge is 0.210 e. The molecule has 0 aliphatic rings. The number of nitro groups is 1. The first-order valence-corrected chi connectivity index (χ1v) is 3.35. The summed E-state index contributed by atoms with van der Waals surface area (Å²) >= 11 is 0. The molecule has 0 aliphatic heterocycles. The Hall–Kier alpha value is -0.640. The van der Waals surface area contributed by atoms with Crippen LogP contribution in [0.2, 0.25) is 0 Å². The third-order valence-corrected chi connectivity index (χ3v) is 1.36. The predicted octanol–water partition coefficient (Wildman–Crippen LogP) is 0.813. The van der Waals surface area contributed by atoms with E-state index < -0.39 is 12.1 Å². The van der Waals surface area contributed by atoms with E-state index >= 15 is 0 Å². The topological polar surface area (TPSA) is 63.4 Å². The van der Waals surface area contributed by atoms with Crippen LogP contribution in [0.1, 0.15) is 26.7 Å². The molecule has 0 rings (SSSR count). The van der Waals surface area contributed by atoms with Crippen LogP contribution < -0.4 is 0 Å². The average Bonchev–Trinajstić information content (AvgIpc) is 1.82. The molecule has 4 nitrogen and oxygen atoms in total. The van der Waals surface area contributed by atoms with E-state index in [0.29, 0.717) is 12.8 Å². The highest BCUT2D eigenvalue weighted by Gasteiger charge is 2.12. The lowest BCUT2D eigenvalue weighted by Gasteiger charge is -2.04. The van der Waals surface area contributed by atoms with Crippen molar-refractivity contribution in [3.63, 3.8) is 0 Å². The fourth-order valence-corrected chi connectivity index (χ4v) is 0.588. The van der Waals surface area contributed by atoms with E-state index in [1.54, 1.807) is 13.8 Å². The van der Waals surface area contributed by atoms with E-state index in [1.807, 2.05) is 0 Å². The molecule has 2 atom stereocenters. The second-order valence-corrected chi connectivity index (χ2v) is 2.56. The Labute approximate surface area is 60.0 Å². The first-order chi connectivity index (χ1) is 4.54. The number of aliphatic hydroxyl groups is 1. The van der Waals surface area contributed by atoms with E-state index in [0.717, 1.165) is 0 Å². The second-order valence-electron chi connectivity index (χ2n) is 2.56. The third-order valence-electron chi connectivity index (χ3n) is 1.36. The molecule has 0 aromatic rings. The summed E-state index contributed by atoms with van der Waals surface area (Å²) < 4.78 is 0. The number of aliphatic hydroxyl groups excluding tert-OH is 1. The predicted molar refractivity (Wildman–Crippen MR) is 37.4 cm³/mol. The SMILES string of the molecule is CC(O)CCC(C)[N+](=O)[O-]. The summed E-state index contributed by atoms with van der Waals surface area (Å²) in [6.45, 7) is 3.18. The van der Waals surface area contributed by atoms with Crippen molar-refractivity contribution in [2.75, 3.05) is 0 Å². The molecule has 0 radical (unpaired) electrons. The minimum Gasteiger partial charge on any atom is -0.393 e. The van der Waals surface area contributed by atoms with Crippen molar-refractivity contribution in [1.29, 1.82) is 0 Å². The van der Waals surface area contributed by atoms with Gasteiger partial charge in [0.25, 0.3) is 0 Å². The molecule has 0 bridgehead atoms. The molecule has 0 aromatic carbocycles. The van der Waals surface area contributed by atoms with E-state index in [4.69, 9.17) is 5.11 Å². The molecule has 0 saturated heterocycles. The van der Waals surface area contributed by atoms with Gasteiger partial charge in [0.2, 0.25) is 6.04 Å². The van der Waals surface area contributed by atoms with E-state index in [2.05, 4.69) is 0 Å². The molecule has 0 amide bonds. The lowest BCUT2D eigenvalue weighted by atomic mass is 10.1. The Bertz CT molecular complexity index is 114. The van der Waals surface area contributed by atoms with Gasteiger partial charge in [-0.25, -0.2) is 0 Å². The lowest BCUT2D eigenvalue weighted by molar-refractivity contribution is -0.519. The van der Waals surface area contributed by atoms with Gasteiger partial charge in [0.05, 0.1) is 6.10 Å². The molecule has 4 heteroatoms. The van der Waals surface area contributed by atoms with Gasteiger partial charge in [0, 0.05) is 18.3 Å². The molecule has 0 saturated carbocycles. The van der Waals surface area contributed by atoms with Crippen molar-refractivity contribution in [2.24, 2.45) is 0 Å². The summed E-state index contributed by atoms with van der Waals surface area (Å²) in [5.41, 5.74) is 0. The van der Waals surface area contributed by atoms with Gasteiger partial charge in [-0.3, -0.25) is 10.1 Å². The molecule has 60 valence electrons. The fourth-order valence-electron chi connectivity index (χ4n) is 0.588. The molecular formula is C6H13NO3. The van der Waals surface area contributed by atoms with Gasteiger partial charge >= 0.3 is 0 Å². The minimum atomic E-state index is -0.533. The van der Waals surface area contributed by atoms with Crippen LogP contribution in [0.25, 0.3) is 0 Å². The van der Waals surface area contributed by atoms with Crippen LogP contribution in [-0.2, 0) is 0 Å². The Morgan fingerprint density at radius 3 is 2.30 bits per heavy atom. The molecule has 1 N–H and O–H groups in total. The van der Waals surface area contributed by atoms with Gasteiger partial charge in [-0.05, 0) is 13.3 Å². The van der Waals surface area contributed by atoms with Crippen LogP contribution >= 0.6 is 0 Å². The van der Waals surface area contributed by atoms with Crippen LogP contribution in [0.15, 0.2) is 0 Å². The zero-order valence-corrected chi connectivity index (χ0v) is 6.28. The van der Waals surface area contributed by atoms with Crippen LogP contribution in [0.5, 0.6) is 0 Å². The van der Waals surface area contributed by atoms with Crippen molar-refractivity contribution in [3.05, 3.63) is 10.1 Å². The normalized spacial score (nSPS) is 16.3. The number of rotatable bonds is 4. The molecule has 0 heterocycles. The highest BCUT2D eigenvalue weighted by Crippen LogP contribution is 2.02. The zero-order valence-electron chi connectivity index (χ0n) is 6.28. The van der Waals surface area contributed by atoms with E-state index in [1.165, 1.54) is 0 Å². The molecule has 0 spiro atoms. The number of hydrogen-bond acceptors (Lipinski definition) is 3. The summed E-state index contributed by atoms with van der Waals surface area (Å²) in [6.07, 6.45) is 0.523. The van der Waals surface area contributed by atoms with Crippen molar-refractivity contribution >= 4 is 0 Å². The van der Waals surface area contributed by atoms with Crippen molar-refractivity contribution in [1.82, 2.24) is 0 Å². The fraction of sp³-hybridized carbons (Fsp3) is 1.00. The van der Waals surface area contributed by atoms with E-state index in [-0.39, 0.29) is 4.92 Å². The largest absolute Gasteiger partial charge is 0.393 e. The van der Waals surface area contributed by atoms with Gasteiger partial charge in [0.15, 0.2) is 0 Å². The van der Waals surface area contributed by atoms with Gasteiger partial charge in [-0.1, -0.05) is 0 Å². The van der Waals surface area contributed by atoms with Crippen molar-refractivity contribution in [2.45, 2.75) is 38.8 Å². The summed E-state index contributed by atoms with van der Waals surface area (Å²) in [6, 6.07) is -0.533. The highest BCUT2D eigenvalue weighted by molar-refractivity contribution is 4.52. The molecule has 0 fully saturated rings. The zero-order chi connectivity index (χ0) is 8.15. The maximum atomic E-state index is 10.0. The second kappa shape index (κ2) is 4.22.